The highest BCUT2D eigenvalue weighted by Gasteiger charge is 2.44. The van der Waals surface area contributed by atoms with Gasteiger partial charge in [-0.15, -0.1) is 0 Å². The molecule has 0 fully saturated rings. The molecular weight excluding hydrogens is 242 g/mol. The number of methoxy groups -OCH3 is 1. The van der Waals surface area contributed by atoms with Gasteiger partial charge in [0.2, 0.25) is 0 Å². The highest BCUT2D eigenvalue weighted by atomic mass is 16.5. The van der Waals surface area contributed by atoms with Gasteiger partial charge in [-0.2, -0.15) is 0 Å². The molecule has 3 rings (SSSR count). The van der Waals surface area contributed by atoms with Crippen LogP contribution in [0.2, 0.25) is 0 Å². The number of ether oxygens (including phenoxy) is 1. The molecule has 19 heavy (non-hydrogen) atoms. The van der Waals surface area contributed by atoms with E-state index in [4.69, 9.17) is 4.74 Å². The van der Waals surface area contributed by atoms with Gasteiger partial charge in [-0.05, 0) is 18.1 Å². The van der Waals surface area contributed by atoms with Gasteiger partial charge in [0, 0.05) is 24.2 Å². The second kappa shape index (κ2) is 4.23. The van der Waals surface area contributed by atoms with Crippen LogP contribution in [-0.2, 0) is 14.3 Å². The number of para-hydroxylation sites is 1. The maximum absolute atomic E-state index is 12.3. The summed E-state index contributed by atoms with van der Waals surface area (Å²) in [6.45, 7) is 0. The van der Waals surface area contributed by atoms with E-state index in [2.05, 4.69) is 0 Å². The van der Waals surface area contributed by atoms with Gasteiger partial charge in [-0.25, -0.2) is 0 Å². The van der Waals surface area contributed by atoms with Crippen molar-refractivity contribution < 1.29 is 14.3 Å². The Bertz CT molecular complexity index is 591. The second-order valence-corrected chi connectivity index (χ2v) is 4.93. The van der Waals surface area contributed by atoms with E-state index < -0.39 is 0 Å². The predicted molar refractivity (Wildman–Crippen MR) is 70.8 cm³/mol. The normalized spacial score (nSPS) is 24.6. The lowest BCUT2D eigenvalue weighted by molar-refractivity contribution is -0.145. The zero-order chi connectivity index (χ0) is 13.6. The number of amides is 1. The van der Waals surface area contributed by atoms with Crippen molar-refractivity contribution in [3.8, 4) is 0 Å². The van der Waals surface area contributed by atoms with Crippen molar-refractivity contribution >= 4 is 17.6 Å². The largest absolute Gasteiger partial charge is 0.469 e. The molecule has 1 aromatic rings. The van der Waals surface area contributed by atoms with Crippen LogP contribution in [0.4, 0.5) is 5.69 Å². The maximum atomic E-state index is 12.3. The quantitative estimate of drug-likeness (QED) is 0.721. The van der Waals surface area contributed by atoms with Gasteiger partial charge in [0.1, 0.15) is 0 Å². The molecule has 0 aromatic heterocycles. The molecule has 1 aliphatic carbocycles. The minimum absolute atomic E-state index is 0.0184. The summed E-state index contributed by atoms with van der Waals surface area (Å²) >= 11 is 0. The lowest BCUT2D eigenvalue weighted by atomic mass is 9.81. The van der Waals surface area contributed by atoms with Crippen molar-refractivity contribution in [3.63, 3.8) is 0 Å². The van der Waals surface area contributed by atoms with Crippen LogP contribution in [0.3, 0.4) is 0 Å². The molecule has 1 heterocycles. The van der Waals surface area contributed by atoms with Gasteiger partial charge in [-0.3, -0.25) is 9.59 Å². The fourth-order valence-corrected chi connectivity index (χ4v) is 3.08. The minimum atomic E-state index is -0.279. The zero-order valence-electron chi connectivity index (χ0n) is 10.9. The topological polar surface area (TPSA) is 46.6 Å². The van der Waals surface area contributed by atoms with Crippen molar-refractivity contribution in [2.45, 2.75) is 12.3 Å². The summed E-state index contributed by atoms with van der Waals surface area (Å²) in [7, 11) is 3.16. The van der Waals surface area contributed by atoms with E-state index >= 15 is 0 Å². The van der Waals surface area contributed by atoms with Gasteiger partial charge in [0.25, 0.3) is 5.91 Å². The van der Waals surface area contributed by atoms with Crippen LogP contribution in [0.1, 0.15) is 17.9 Å². The average Bonchev–Trinajstić information content (AvgIpc) is 2.89. The number of carbonyl (C=O) groups excluding carboxylic acids is 2. The SMILES string of the molecule is COC(=O)[C@@H]1CC=C2C(=O)N(C)c3ccccc3[C@H]21. The van der Waals surface area contributed by atoms with E-state index in [-0.39, 0.29) is 23.7 Å². The van der Waals surface area contributed by atoms with E-state index in [0.29, 0.717) is 6.42 Å². The van der Waals surface area contributed by atoms with Gasteiger partial charge in [-0.1, -0.05) is 24.3 Å². The van der Waals surface area contributed by atoms with E-state index in [1.54, 1.807) is 11.9 Å². The minimum Gasteiger partial charge on any atom is -0.469 e. The summed E-state index contributed by atoms with van der Waals surface area (Å²) in [6, 6.07) is 7.74. The van der Waals surface area contributed by atoms with E-state index in [0.717, 1.165) is 16.8 Å². The fraction of sp³-hybridized carbons (Fsp3) is 0.333. The lowest BCUT2D eigenvalue weighted by Gasteiger charge is -2.33. The van der Waals surface area contributed by atoms with E-state index in [9.17, 15) is 9.59 Å². The lowest BCUT2D eigenvalue weighted by Crippen LogP contribution is -2.37. The molecule has 1 aromatic carbocycles. The van der Waals surface area contributed by atoms with E-state index in [1.165, 1.54) is 7.11 Å². The number of nitrogens with zero attached hydrogens (tertiary/aromatic N) is 1. The number of esters is 1. The number of anilines is 1. The molecule has 0 N–H and O–H groups in total. The molecule has 0 bridgehead atoms. The van der Waals surface area contributed by atoms with Crippen LogP contribution in [0, 0.1) is 5.92 Å². The number of rotatable bonds is 1. The number of allylic oxidation sites excluding steroid dienone is 1. The van der Waals surface area contributed by atoms with Crippen LogP contribution < -0.4 is 4.90 Å². The zero-order valence-corrected chi connectivity index (χ0v) is 10.9. The standard InChI is InChI=1S/C15H15NO3/c1-16-12-6-4-3-5-9(12)13-10(14(16)17)7-8-11(13)15(18)19-2/h3-7,11,13H,8H2,1-2H3/t11-,13-/m1/s1. The first-order valence-electron chi connectivity index (χ1n) is 6.30. The third-order valence-corrected chi connectivity index (χ3v) is 4.02. The summed E-state index contributed by atoms with van der Waals surface area (Å²) < 4.78 is 4.86. The summed E-state index contributed by atoms with van der Waals surface area (Å²) in [4.78, 5) is 25.9. The van der Waals surface area contributed by atoms with Crippen molar-refractivity contribution in [2.75, 3.05) is 19.1 Å². The Kier molecular flexibility index (Phi) is 2.66. The summed E-state index contributed by atoms with van der Waals surface area (Å²) in [5.41, 5.74) is 2.63. The molecule has 0 spiro atoms. The Morgan fingerprint density at radius 1 is 1.37 bits per heavy atom. The number of carbonyl (C=O) groups is 2. The first-order valence-corrected chi connectivity index (χ1v) is 6.30. The number of hydrogen-bond acceptors (Lipinski definition) is 3. The Labute approximate surface area is 111 Å². The first-order chi connectivity index (χ1) is 9.15. The van der Waals surface area contributed by atoms with Gasteiger partial charge >= 0.3 is 5.97 Å². The molecule has 98 valence electrons. The Morgan fingerprint density at radius 3 is 2.84 bits per heavy atom. The molecule has 1 aliphatic heterocycles. The van der Waals surface area contributed by atoms with Crippen LogP contribution in [0.25, 0.3) is 0 Å². The molecule has 1 amide bonds. The highest BCUT2D eigenvalue weighted by Crippen LogP contribution is 2.48. The molecule has 0 unspecified atom stereocenters. The van der Waals surface area contributed by atoms with Gasteiger partial charge < -0.3 is 9.64 Å². The fourth-order valence-electron chi connectivity index (χ4n) is 3.08. The number of fused-ring (bicyclic) bond motifs is 3. The molecule has 2 atom stereocenters. The number of likely N-dealkylation sites (N-methyl/N-ethyl adjacent to an activating group) is 1. The Hall–Kier alpha value is -2.10. The maximum Gasteiger partial charge on any atom is 0.309 e. The number of benzene rings is 1. The monoisotopic (exact) mass is 257 g/mol. The first kappa shape index (κ1) is 12.0. The summed E-state index contributed by atoms with van der Waals surface area (Å²) in [6.07, 6.45) is 2.45. The van der Waals surface area contributed by atoms with Gasteiger partial charge in [0.15, 0.2) is 0 Å². The third-order valence-electron chi connectivity index (χ3n) is 4.02. The molecule has 4 heteroatoms. The van der Waals surface area contributed by atoms with Gasteiger partial charge in [0.05, 0.1) is 13.0 Å². The molecular formula is C15H15NO3. The molecule has 0 saturated heterocycles. The molecule has 0 saturated carbocycles. The summed E-state index contributed by atoms with van der Waals surface area (Å²) in [5.74, 6) is -0.704. The summed E-state index contributed by atoms with van der Waals surface area (Å²) in [5, 5.41) is 0. The molecule has 2 aliphatic rings. The molecule has 4 nitrogen and oxygen atoms in total. The van der Waals surface area contributed by atoms with E-state index in [1.807, 2.05) is 30.3 Å². The van der Waals surface area contributed by atoms with Crippen LogP contribution in [-0.4, -0.2) is 26.0 Å². The second-order valence-electron chi connectivity index (χ2n) is 4.93. The smallest absolute Gasteiger partial charge is 0.309 e. The average molecular weight is 257 g/mol. The van der Waals surface area contributed by atoms with Crippen molar-refractivity contribution in [3.05, 3.63) is 41.5 Å². The Balaban J connectivity index is 2.13. The van der Waals surface area contributed by atoms with Crippen LogP contribution in [0.15, 0.2) is 35.9 Å². The Morgan fingerprint density at radius 2 is 2.11 bits per heavy atom. The van der Waals surface area contributed by atoms with Crippen molar-refractivity contribution in [2.24, 2.45) is 5.92 Å². The van der Waals surface area contributed by atoms with Crippen LogP contribution in [0.5, 0.6) is 0 Å². The highest BCUT2D eigenvalue weighted by molar-refractivity contribution is 6.10. The third kappa shape index (κ3) is 1.59. The van der Waals surface area contributed by atoms with Crippen LogP contribution >= 0.6 is 0 Å². The predicted octanol–water partition coefficient (Wildman–Crippen LogP) is 1.87. The van der Waals surface area contributed by atoms with Crippen molar-refractivity contribution in [1.29, 1.82) is 0 Å². The number of hydrogen-bond donors (Lipinski definition) is 0. The van der Waals surface area contributed by atoms with Crippen molar-refractivity contribution in [1.82, 2.24) is 0 Å². The molecule has 0 radical (unpaired) electrons.